The summed E-state index contributed by atoms with van der Waals surface area (Å²) in [5, 5.41) is 7.37. The highest BCUT2D eigenvalue weighted by Crippen LogP contribution is 2.64. The molecule has 1 N–H and O–H groups in total. The van der Waals surface area contributed by atoms with Crippen LogP contribution in [0.15, 0.2) is 33.7 Å². The molecule has 1 aliphatic heterocycles. The third-order valence-corrected chi connectivity index (χ3v) is 7.74. The zero-order valence-corrected chi connectivity index (χ0v) is 17.4. The second-order valence-corrected chi connectivity index (χ2v) is 9.11. The molecule has 27 heavy (non-hydrogen) atoms. The molecule has 2 fully saturated rings. The average molecular weight is 386 g/mol. The van der Waals surface area contributed by atoms with Gasteiger partial charge in [0.25, 0.3) is 0 Å². The highest BCUT2D eigenvalue weighted by Gasteiger charge is 2.59. The van der Waals surface area contributed by atoms with Crippen molar-refractivity contribution in [2.75, 3.05) is 14.2 Å². The topological polar surface area (TPSA) is 55.2 Å². The SMILES string of the molecule is COc1ccc(C2=CSC(N=C3C[C@@H]4CC[C@]3(C)C4(C)C)=NN2)cc1OC. The van der Waals surface area contributed by atoms with Gasteiger partial charge in [0.05, 0.1) is 19.9 Å². The Balaban J connectivity index is 1.51. The molecule has 6 heteroatoms. The van der Waals surface area contributed by atoms with Gasteiger partial charge in [0.1, 0.15) is 0 Å². The summed E-state index contributed by atoms with van der Waals surface area (Å²) >= 11 is 1.57. The van der Waals surface area contributed by atoms with Gasteiger partial charge in [-0.15, -0.1) is 5.10 Å². The van der Waals surface area contributed by atoms with Crippen LogP contribution >= 0.6 is 11.8 Å². The van der Waals surface area contributed by atoms with Crippen molar-refractivity contribution in [1.29, 1.82) is 0 Å². The average Bonchev–Trinajstić information content (AvgIpc) is 3.01. The van der Waals surface area contributed by atoms with Gasteiger partial charge in [-0.25, -0.2) is 4.99 Å². The Bertz CT molecular complexity index is 859. The van der Waals surface area contributed by atoms with Gasteiger partial charge in [-0.3, -0.25) is 5.43 Å². The van der Waals surface area contributed by atoms with Gasteiger partial charge in [-0.1, -0.05) is 32.5 Å². The number of amidine groups is 1. The molecule has 2 bridgehead atoms. The van der Waals surface area contributed by atoms with Gasteiger partial charge in [-0.2, -0.15) is 0 Å². The largest absolute Gasteiger partial charge is 0.493 e. The Morgan fingerprint density at radius 3 is 2.52 bits per heavy atom. The Hall–Kier alpha value is -1.95. The number of benzene rings is 1. The molecule has 0 amide bonds. The molecule has 2 saturated carbocycles. The van der Waals surface area contributed by atoms with Crippen LogP contribution in [0.5, 0.6) is 11.5 Å². The van der Waals surface area contributed by atoms with E-state index in [4.69, 9.17) is 14.5 Å². The molecule has 0 unspecified atom stereocenters. The summed E-state index contributed by atoms with van der Waals surface area (Å²) in [5.41, 5.74) is 6.94. The van der Waals surface area contributed by atoms with E-state index in [9.17, 15) is 0 Å². The number of thioether (sulfide) groups is 1. The third kappa shape index (κ3) is 2.85. The van der Waals surface area contributed by atoms with E-state index in [0.29, 0.717) is 16.9 Å². The summed E-state index contributed by atoms with van der Waals surface area (Å²) in [4.78, 5) is 4.95. The van der Waals surface area contributed by atoms with E-state index in [0.717, 1.165) is 28.8 Å². The minimum Gasteiger partial charge on any atom is -0.493 e. The molecular weight excluding hydrogens is 358 g/mol. The second kappa shape index (κ2) is 6.59. The molecule has 0 radical (unpaired) electrons. The quantitative estimate of drug-likeness (QED) is 0.804. The van der Waals surface area contributed by atoms with Gasteiger partial charge in [0.2, 0.25) is 5.17 Å². The first-order chi connectivity index (χ1) is 12.9. The molecular formula is C21H27N3O2S. The lowest BCUT2D eigenvalue weighted by Gasteiger charge is -2.34. The molecule has 0 aromatic heterocycles. The van der Waals surface area contributed by atoms with E-state index < -0.39 is 0 Å². The summed E-state index contributed by atoms with van der Waals surface area (Å²) < 4.78 is 10.7. The fourth-order valence-corrected chi connectivity index (χ4v) is 5.35. The van der Waals surface area contributed by atoms with Gasteiger partial charge >= 0.3 is 0 Å². The molecule has 2 aliphatic carbocycles. The van der Waals surface area contributed by atoms with Crippen LogP contribution < -0.4 is 14.9 Å². The summed E-state index contributed by atoms with van der Waals surface area (Å²) in [5.74, 6) is 2.17. The molecule has 3 aliphatic rings. The van der Waals surface area contributed by atoms with Crippen molar-refractivity contribution >= 4 is 28.3 Å². The summed E-state index contributed by atoms with van der Waals surface area (Å²) in [6, 6.07) is 5.84. The van der Waals surface area contributed by atoms with Crippen LogP contribution in [0.1, 0.15) is 45.6 Å². The predicted octanol–water partition coefficient (Wildman–Crippen LogP) is 4.90. The predicted molar refractivity (Wildman–Crippen MR) is 112 cm³/mol. The molecule has 1 heterocycles. The van der Waals surface area contributed by atoms with Crippen molar-refractivity contribution in [3.8, 4) is 11.5 Å². The Morgan fingerprint density at radius 1 is 1.19 bits per heavy atom. The van der Waals surface area contributed by atoms with Crippen LogP contribution in [0.25, 0.3) is 5.70 Å². The number of hydrogen-bond acceptors (Lipinski definition) is 6. The maximum atomic E-state index is 5.39. The van der Waals surface area contributed by atoms with Crippen LogP contribution in [0, 0.1) is 16.7 Å². The zero-order chi connectivity index (χ0) is 19.2. The van der Waals surface area contributed by atoms with E-state index in [1.807, 2.05) is 18.2 Å². The standard InChI is InChI=1S/C21H27N3O2S/c1-20(2)14-8-9-21(20,3)18(11-14)22-19-24-23-15(12-27-19)13-6-7-16(25-4)17(10-13)26-5/h6-7,10,12,14,23H,8-9,11H2,1-5H3/t14-,21-/m0/s1. The molecule has 2 atom stereocenters. The number of rotatable bonds is 3. The minimum absolute atomic E-state index is 0.202. The number of nitrogens with one attached hydrogen (secondary N) is 1. The smallest absolute Gasteiger partial charge is 0.210 e. The summed E-state index contributed by atoms with van der Waals surface area (Å²) in [6.45, 7) is 7.18. The van der Waals surface area contributed by atoms with E-state index in [1.54, 1.807) is 26.0 Å². The lowest BCUT2D eigenvalue weighted by molar-refractivity contribution is 0.194. The number of ether oxygens (including phenoxy) is 2. The number of hydrazone groups is 1. The maximum Gasteiger partial charge on any atom is 0.210 e. The van der Waals surface area contributed by atoms with Gasteiger partial charge in [0, 0.05) is 22.1 Å². The van der Waals surface area contributed by atoms with Crippen molar-refractivity contribution in [3.63, 3.8) is 0 Å². The Labute approximate surface area is 165 Å². The molecule has 1 aromatic carbocycles. The molecule has 0 saturated heterocycles. The number of nitrogens with zero attached hydrogens (tertiary/aromatic N) is 2. The fraction of sp³-hybridized carbons (Fsp3) is 0.524. The number of fused-ring (bicyclic) bond motifs is 2. The number of hydrogen-bond donors (Lipinski definition) is 1. The minimum atomic E-state index is 0.202. The maximum absolute atomic E-state index is 5.39. The third-order valence-electron chi connectivity index (χ3n) is 6.99. The van der Waals surface area contributed by atoms with Crippen LogP contribution in [0.2, 0.25) is 0 Å². The Morgan fingerprint density at radius 2 is 1.96 bits per heavy atom. The lowest BCUT2D eigenvalue weighted by Crippen LogP contribution is -2.33. The molecule has 144 valence electrons. The van der Waals surface area contributed by atoms with Crippen LogP contribution in [0.4, 0.5) is 0 Å². The van der Waals surface area contributed by atoms with Crippen molar-refractivity contribution in [2.24, 2.45) is 26.8 Å². The fourth-order valence-electron chi connectivity index (χ4n) is 4.67. The molecule has 4 rings (SSSR count). The van der Waals surface area contributed by atoms with Gasteiger partial charge in [0.15, 0.2) is 11.5 Å². The zero-order valence-electron chi connectivity index (χ0n) is 16.6. The van der Waals surface area contributed by atoms with E-state index in [1.165, 1.54) is 18.6 Å². The van der Waals surface area contributed by atoms with Crippen LogP contribution in [-0.2, 0) is 0 Å². The molecule has 0 spiro atoms. The van der Waals surface area contributed by atoms with Crippen molar-refractivity contribution in [1.82, 2.24) is 5.43 Å². The van der Waals surface area contributed by atoms with Crippen molar-refractivity contribution in [2.45, 2.75) is 40.0 Å². The summed E-state index contributed by atoms with van der Waals surface area (Å²) in [7, 11) is 3.28. The first-order valence-corrected chi connectivity index (χ1v) is 10.3. The lowest BCUT2D eigenvalue weighted by atomic mass is 9.70. The van der Waals surface area contributed by atoms with Gasteiger partial charge < -0.3 is 9.47 Å². The van der Waals surface area contributed by atoms with Crippen LogP contribution in [-0.4, -0.2) is 25.1 Å². The van der Waals surface area contributed by atoms with Crippen LogP contribution in [0.3, 0.4) is 0 Å². The van der Waals surface area contributed by atoms with E-state index in [2.05, 4.69) is 36.7 Å². The highest BCUT2D eigenvalue weighted by atomic mass is 32.2. The first-order valence-electron chi connectivity index (χ1n) is 9.40. The highest BCUT2D eigenvalue weighted by molar-refractivity contribution is 8.16. The van der Waals surface area contributed by atoms with Crippen molar-refractivity contribution < 1.29 is 9.47 Å². The van der Waals surface area contributed by atoms with Crippen molar-refractivity contribution in [3.05, 3.63) is 29.2 Å². The normalized spacial score (nSPS) is 30.0. The Kier molecular flexibility index (Phi) is 4.49. The van der Waals surface area contributed by atoms with E-state index >= 15 is 0 Å². The monoisotopic (exact) mass is 385 g/mol. The number of aliphatic imine (C=N–C) groups is 1. The summed E-state index contributed by atoms with van der Waals surface area (Å²) in [6.07, 6.45) is 3.67. The first kappa shape index (κ1) is 18.4. The second-order valence-electron chi connectivity index (χ2n) is 8.28. The molecule has 5 nitrogen and oxygen atoms in total. The van der Waals surface area contributed by atoms with Gasteiger partial charge in [-0.05, 0) is 48.8 Å². The molecule has 1 aromatic rings. The van der Waals surface area contributed by atoms with E-state index in [-0.39, 0.29) is 5.41 Å². The number of methoxy groups -OCH3 is 2.